The van der Waals surface area contributed by atoms with E-state index in [9.17, 15) is 15.0 Å². The van der Waals surface area contributed by atoms with Crippen molar-refractivity contribution in [1.82, 2.24) is 0 Å². The zero-order valence-electron chi connectivity index (χ0n) is 11.2. The number of carboxylic acid groups (broad SMARTS) is 1. The largest absolute Gasteiger partial charge is 0.478 e. The van der Waals surface area contributed by atoms with E-state index >= 15 is 0 Å². The molecule has 0 fully saturated rings. The fourth-order valence-electron chi connectivity index (χ4n) is 2.07. The van der Waals surface area contributed by atoms with Gasteiger partial charge in [-0.15, -0.1) is 0 Å². The van der Waals surface area contributed by atoms with Crippen molar-refractivity contribution in [3.63, 3.8) is 0 Å². The normalized spacial score (nSPS) is 11.9. The zero-order valence-corrected chi connectivity index (χ0v) is 11.2. The van der Waals surface area contributed by atoms with E-state index in [0.717, 1.165) is 11.1 Å². The lowest BCUT2D eigenvalue weighted by Gasteiger charge is -2.19. The van der Waals surface area contributed by atoms with Crippen LogP contribution in [0.3, 0.4) is 0 Å². The Hall–Kier alpha value is -2.33. The number of benzene rings is 2. The maximum absolute atomic E-state index is 11.2. The number of aliphatic hydroxyl groups is 1. The second-order valence-electron chi connectivity index (χ2n) is 4.64. The molecule has 0 bridgehead atoms. The fraction of sp³-hybridized carbons (Fsp3) is 0.188. The topological polar surface area (TPSA) is 69.6 Å². The lowest BCUT2D eigenvalue weighted by molar-refractivity contribution is 0.0697. The standard InChI is InChI=1S/C16H17NO3/c1-11-7-8-13(16(19)20)14(9-11)17-15(10-18)12-5-3-2-4-6-12/h2-9,15,17-18H,10H2,1H3,(H,19,20). The first-order chi connectivity index (χ1) is 9.61. The molecule has 0 saturated heterocycles. The van der Waals surface area contributed by atoms with Crippen LogP contribution in [0.4, 0.5) is 5.69 Å². The Morgan fingerprint density at radius 2 is 1.90 bits per heavy atom. The van der Waals surface area contributed by atoms with Crippen molar-refractivity contribution in [2.45, 2.75) is 13.0 Å². The predicted molar refractivity (Wildman–Crippen MR) is 78.0 cm³/mol. The Balaban J connectivity index is 2.32. The number of rotatable bonds is 5. The summed E-state index contributed by atoms with van der Waals surface area (Å²) in [6.07, 6.45) is 0. The fourth-order valence-corrected chi connectivity index (χ4v) is 2.07. The molecule has 2 rings (SSSR count). The number of anilines is 1. The lowest BCUT2D eigenvalue weighted by atomic mass is 10.0. The van der Waals surface area contributed by atoms with Gasteiger partial charge in [0.15, 0.2) is 0 Å². The average molecular weight is 271 g/mol. The van der Waals surface area contributed by atoms with Crippen LogP contribution >= 0.6 is 0 Å². The Kier molecular flexibility index (Phi) is 4.38. The summed E-state index contributed by atoms with van der Waals surface area (Å²) in [5, 5.41) is 21.8. The third-order valence-electron chi connectivity index (χ3n) is 3.12. The maximum atomic E-state index is 11.2. The predicted octanol–water partition coefficient (Wildman–Crippen LogP) is 2.84. The van der Waals surface area contributed by atoms with Gasteiger partial charge in [-0.1, -0.05) is 36.4 Å². The number of carbonyl (C=O) groups is 1. The number of aliphatic hydroxyl groups excluding tert-OH is 1. The summed E-state index contributed by atoms with van der Waals surface area (Å²) in [6.45, 7) is 1.78. The highest BCUT2D eigenvalue weighted by molar-refractivity contribution is 5.94. The van der Waals surface area contributed by atoms with Gasteiger partial charge in [0.2, 0.25) is 0 Å². The monoisotopic (exact) mass is 271 g/mol. The van der Waals surface area contributed by atoms with Crippen LogP contribution in [0.15, 0.2) is 48.5 Å². The molecule has 0 radical (unpaired) electrons. The molecule has 1 atom stereocenters. The molecule has 4 nitrogen and oxygen atoms in total. The van der Waals surface area contributed by atoms with Crippen molar-refractivity contribution in [3.8, 4) is 0 Å². The van der Waals surface area contributed by atoms with Crippen molar-refractivity contribution in [2.24, 2.45) is 0 Å². The molecule has 1 unspecified atom stereocenters. The number of hydrogen-bond acceptors (Lipinski definition) is 3. The van der Waals surface area contributed by atoms with Crippen molar-refractivity contribution >= 4 is 11.7 Å². The van der Waals surface area contributed by atoms with Crippen LogP contribution in [0.5, 0.6) is 0 Å². The van der Waals surface area contributed by atoms with Crippen molar-refractivity contribution < 1.29 is 15.0 Å². The van der Waals surface area contributed by atoms with Gasteiger partial charge < -0.3 is 15.5 Å². The van der Waals surface area contributed by atoms with E-state index in [-0.39, 0.29) is 18.2 Å². The quantitative estimate of drug-likeness (QED) is 0.782. The van der Waals surface area contributed by atoms with Gasteiger partial charge in [0, 0.05) is 5.69 Å². The molecule has 0 saturated carbocycles. The minimum Gasteiger partial charge on any atom is -0.478 e. The van der Waals surface area contributed by atoms with Gasteiger partial charge in [0.05, 0.1) is 18.2 Å². The summed E-state index contributed by atoms with van der Waals surface area (Å²) >= 11 is 0. The smallest absolute Gasteiger partial charge is 0.337 e. The second kappa shape index (κ2) is 6.21. The van der Waals surface area contributed by atoms with Crippen molar-refractivity contribution in [2.75, 3.05) is 11.9 Å². The molecule has 2 aromatic carbocycles. The van der Waals surface area contributed by atoms with Gasteiger partial charge in [0.1, 0.15) is 0 Å². The SMILES string of the molecule is Cc1ccc(C(=O)O)c(NC(CO)c2ccccc2)c1. The summed E-state index contributed by atoms with van der Waals surface area (Å²) in [4.78, 5) is 11.2. The molecule has 0 amide bonds. The second-order valence-corrected chi connectivity index (χ2v) is 4.64. The van der Waals surface area contributed by atoms with Gasteiger partial charge in [-0.25, -0.2) is 4.79 Å². The van der Waals surface area contributed by atoms with Gasteiger partial charge in [0.25, 0.3) is 0 Å². The minimum atomic E-state index is -0.989. The lowest BCUT2D eigenvalue weighted by Crippen LogP contribution is -2.17. The molecule has 0 aliphatic rings. The van der Waals surface area contributed by atoms with Crippen LogP contribution in [0.2, 0.25) is 0 Å². The molecule has 0 spiro atoms. The van der Waals surface area contributed by atoms with Gasteiger partial charge in [-0.2, -0.15) is 0 Å². The third kappa shape index (κ3) is 3.16. The summed E-state index contributed by atoms with van der Waals surface area (Å²) < 4.78 is 0. The third-order valence-corrected chi connectivity index (χ3v) is 3.12. The minimum absolute atomic E-state index is 0.114. The first-order valence-corrected chi connectivity index (χ1v) is 6.38. The van der Waals surface area contributed by atoms with Crippen LogP contribution in [0, 0.1) is 6.92 Å². The Bertz CT molecular complexity index is 596. The molecule has 20 heavy (non-hydrogen) atoms. The molecule has 0 heterocycles. The number of hydrogen-bond donors (Lipinski definition) is 3. The Morgan fingerprint density at radius 1 is 1.20 bits per heavy atom. The molecule has 0 aromatic heterocycles. The van der Waals surface area contributed by atoms with Gasteiger partial charge in [-0.3, -0.25) is 0 Å². The van der Waals surface area contributed by atoms with Crippen molar-refractivity contribution in [1.29, 1.82) is 0 Å². The highest BCUT2D eigenvalue weighted by atomic mass is 16.4. The van der Waals surface area contributed by atoms with Crippen LogP contribution in [0.25, 0.3) is 0 Å². The van der Waals surface area contributed by atoms with Crippen LogP contribution in [-0.4, -0.2) is 22.8 Å². The summed E-state index contributed by atoms with van der Waals surface area (Å²) in [6, 6.07) is 14.2. The maximum Gasteiger partial charge on any atom is 0.337 e. The molecule has 0 aliphatic carbocycles. The molecule has 0 aliphatic heterocycles. The van der Waals surface area contributed by atoms with Gasteiger partial charge >= 0.3 is 5.97 Å². The Labute approximate surface area is 117 Å². The Morgan fingerprint density at radius 3 is 2.50 bits per heavy atom. The summed E-state index contributed by atoms with van der Waals surface area (Å²) in [7, 11) is 0. The zero-order chi connectivity index (χ0) is 14.5. The van der Waals surface area contributed by atoms with Crippen LogP contribution in [0.1, 0.15) is 27.5 Å². The average Bonchev–Trinajstić information content (AvgIpc) is 2.45. The molecule has 4 heteroatoms. The molecule has 2 aromatic rings. The molecule has 104 valence electrons. The van der Waals surface area contributed by atoms with E-state index in [2.05, 4.69) is 5.32 Å². The van der Waals surface area contributed by atoms with E-state index in [4.69, 9.17) is 0 Å². The highest BCUT2D eigenvalue weighted by Crippen LogP contribution is 2.23. The number of carboxylic acids is 1. The van der Waals surface area contributed by atoms with E-state index in [1.165, 1.54) is 0 Å². The van der Waals surface area contributed by atoms with E-state index < -0.39 is 5.97 Å². The van der Waals surface area contributed by atoms with E-state index in [1.807, 2.05) is 37.3 Å². The first-order valence-electron chi connectivity index (χ1n) is 6.38. The van der Waals surface area contributed by atoms with Crippen LogP contribution in [-0.2, 0) is 0 Å². The summed E-state index contributed by atoms with van der Waals surface area (Å²) in [5.74, 6) is -0.989. The first kappa shape index (κ1) is 14.1. The molecular formula is C16H17NO3. The van der Waals surface area contributed by atoms with Gasteiger partial charge in [-0.05, 0) is 30.2 Å². The number of aryl methyl sites for hydroxylation is 1. The van der Waals surface area contributed by atoms with E-state index in [1.54, 1.807) is 18.2 Å². The molecular weight excluding hydrogens is 254 g/mol. The number of aromatic carboxylic acids is 1. The van der Waals surface area contributed by atoms with E-state index in [0.29, 0.717) is 5.69 Å². The van der Waals surface area contributed by atoms with Crippen molar-refractivity contribution in [3.05, 3.63) is 65.2 Å². The van der Waals surface area contributed by atoms with Crippen LogP contribution < -0.4 is 5.32 Å². The highest BCUT2D eigenvalue weighted by Gasteiger charge is 2.15. The number of nitrogens with one attached hydrogen (secondary N) is 1. The molecule has 3 N–H and O–H groups in total. The summed E-state index contributed by atoms with van der Waals surface area (Å²) in [5.41, 5.74) is 2.58.